The van der Waals surface area contributed by atoms with Crippen LogP contribution in [0, 0.1) is 5.92 Å². The van der Waals surface area contributed by atoms with Crippen molar-refractivity contribution in [2.24, 2.45) is 11.7 Å². The molecule has 208 valence electrons. The van der Waals surface area contributed by atoms with Crippen molar-refractivity contribution in [1.82, 2.24) is 20.9 Å². The quantitative estimate of drug-likeness (QED) is 0.156. The van der Waals surface area contributed by atoms with E-state index in [1.54, 1.807) is 26.1 Å². The summed E-state index contributed by atoms with van der Waals surface area (Å²) in [6.07, 6.45) is 0.0540. The fourth-order valence-electron chi connectivity index (χ4n) is 3.88. The number of aliphatic carboxylic acids is 2. The number of carbonyl (C=O) groups is 5. The second-order valence-electron chi connectivity index (χ2n) is 9.27. The van der Waals surface area contributed by atoms with Crippen molar-refractivity contribution < 1.29 is 39.3 Å². The van der Waals surface area contributed by atoms with E-state index < -0.39 is 72.3 Å². The SMILES string of the molecule is CCC(C)C(NC(=O)C(Cc1c[nH]c2ccccc12)NC(=O)C(N)CC(=O)O)C(=O)NC(C(=O)O)C(C)O. The summed E-state index contributed by atoms with van der Waals surface area (Å²) in [5, 5.41) is 36.1. The number of hydrogen-bond donors (Lipinski definition) is 8. The summed E-state index contributed by atoms with van der Waals surface area (Å²) < 4.78 is 0. The smallest absolute Gasteiger partial charge is 0.328 e. The van der Waals surface area contributed by atoms with Crippen molar-refractivity contribution in [3.8, 4) is 0 Å². The molecule has 0 aliphatic heterocycles. The molecule has 6 atom stereocenters. The zero-order chi connectivity index (χ0) is 28.6. The molecule has 2 rings (SSSR count). The van der Waals surface area contributed by atoms with Crippen LogP contribution in [0.15, 0.2) is 30.5 Å². The molecule has 6 unspecified atom stereocenters. The predicted molar refractivity (Wildman–Crippen MR) is 137 cm³/mol. The highest BCUT2D eigenvalue weighted by Gasteiger charge is 2.34. The number of para-hydroxylation sites is 1. The number of benzene rings is 1. The van der Waals surface area contributed by atoms with E-state index in [1.165, 1.54) is 6.92 Å². The number of nitrogens with two attached hydrogens (primary N) is 1. The number of amides is 3. The van der Waals surface area contributed by atoms with Crippen LogP contribution in [-0.4, -0.2) is 80.2 Å². The maximum absolute atomic E-state index is 13.4. The second kappa shape index (κ2) is 13.5. The Balaban J connectivity index is 2.33. The number of carboxylic acid groups (broad SMARTS) is 2. The summed E-state index contributed by atoms with van der Waals surface area (Å²) >= 11 is 0. The van der Waals surface area contributed by atoms with Crippen LogP contribution in [-0.2, 0) is 30.4 Å². The fourth-order valence-corrected chi connectivity index (χ4v) is 3.88. The number of aromatic nitrogens is 1. The summed E-state index contributed by atoms with van der Waals surface area (Å²) in [5.74, 6) is -5.61. The van der Waals surface area contributed by atoms with Gasteiger partial charge in [-0.3, -0.25) is 19.2 Å². The number of carboxylic acids is 2. The van der Waals surface area contributed by atoms with Crippen molar-refractivity contribution in [3.63, 3.8) is 0 Å². The third-order valence-corrected chi connectivity index (χ3v) is 6.30. The molecule has 0 bridgehead atoms. The van der Waals surface area contributed by atoms with Gasteiger partial charge in [-0.15, -0.1) is 0 Å². The Morgan fingerprint density at radius 1 is 0.947 bits per heavy atom. The molecule has 0 aliphatic carbocycles. The number of rotatable bonds is 14. The summed E-state index contributed by atoms with van der Waals surface area (Å²) in [7, 11) is 0. The molecular weight excluding hydrogens is 498 g/mol. The topological polar surface area (TPSA) is 224 Å². The van der Waals surface area contributed by atoms with Crippen molar-refractivity contribution in [2.45, 2.75) is 70.3 Å². The minimum Gasteiger partial charge on any atom is -0.481 e. The Kier molecular flexibility index (Phi) is 10.8. The Morgan fingerprint density at radius 3 is 2.16 bits per heavy atom. The molecule has 38 heavy (non-hydrogen) atoms. The molecule has 9 N–H and O–H groups in total. The van der Waals surface area contributed by atoms with Crippen LogP contribution in [0.25, 0.3) is 10.9 Å². The van der Waals surface area contributed by atoms with E-state index in [4.69, 9.17) is 10.8 Å². The van der Waals surface area contributed by atoms with Gasteiger partial charge in [-0.2, -0.15) is 0 Å². The molecule has 0 spiro atoms. The zero-order valence-corrected chi connectivity index (χ0v) is 21.4. The first-order chi connectivity index (χ1) is 17.8. The molecule has 1 heterocycles. The Labute approximate surface area is 219 Å². The monoisotopic (exact) mass is 533 g/mol. The van der Waals surface area contributed by atoms with Crippen LogP contribution in [0.5, 0.6) is 0 Å². The molecule has 1 aromatic carbocycles. The molecular formula is C25H35N5O8. The predicted octanol–water partition coefficient (Wildman–Crippen LogP) is -0.522. The van der Waals surface area contributed by atoms with Gasteiger partial charge >= 0.3 is 11.9 Å². The van der Waals surface area contributed by atoms with E-state index in [1.807, 2.05) is 18.2 Å². The lowest BCUT2D eigenvalue weighted by Crippen LogP contribution is -2.60. The highest BCUT2D eigenvalue weighted by molar-refractivity contribution is 5.95. The Bertz CT molecular complexity index is 1160. The Morgan fingerprint density at radius 2 is 1.58 bits per heavy atom. The highest BCUT2D eigenvalue weighted by atomic mass is 16.4. The summed E-state index contributed by atoms with van der Waals surface area (Å²) in [6, 6.07) is 1.84. The summed E-state index contributed by atoms with van der Waals surface area (Å²) in [4.78, 5) is 64.6. The van der Waals surface area contributed by atoms with Gasteiger partial charge in [0.1, 0.15) is 12.1 Å². The molecule has 3 amide bonds. The molecule has 0 radical (unpaired) electrons. The number of aliphatic hydroxyl groups is 1. The van der Waals surface area contributed by atoms with E-state index in [2.05, 4.69) is 20.9 Å². The number of H-pyrrole nitrogens is 1. The van der Waals surface area contributed by atoms with Crippen LogP contribution >= 0.6 is 0 Å². The van der Waals surface area contributed by atoms with Crippen molar-refractivity contribution in [2.75, 3.05) is 0 Å². The largest absolute Gasteiger partial charge is 0.481 e. The summed E-state index contributed by atoms with van der Waals surface area (Å²) in [6.45, 7) is 4.66. The second-order valence-corrected chi connectivity index (χ2v) is 9.27. The molecule has 13 nitrogen and oxygen atoms in total. The van der Waals surface area contributed by atoms with E-state index in [0.717, 1.165) is 10.9 Å². The third-order valence-electron chi connectivity index (χ3n) is 6.30. The normalized spacial score (nSPS) is 15.9. The van der Waals surface area contributed by atoms with Crippen LogP contribution < -0.4 is 21.7 Å². The average molecular weight is 534 g/mol. The lowest BCUT2D eigenvalue weighted by Gasteiger charge is -2.28. The van der Waals surface area contributed by atoms with Gasteiger partial charge < -0.3 is 42.0 Å². The van der Waals surface area contributed by atoms with Gasteiger partial charge in [0.2, 0.25) is 17.7 Å². The van der Waals surface area contributed by atoms with Gasteiger partial charge in [-0.25, -0.2) is 4.79 Å². The molecule has 13 heteroatoms. The maximum Gasteiger partial charge on any atom is 0.328 e. The lowest BCUT2D eigenvalue weighted by atomic mass is 9.96. The van der Waals surface area contributed by atoms with E-state index in [-0.39, 0.29) is 6.42 Å². The molecule has 0 aliphatic rings. The number of aromatic amines is 1. The van der Waals surface area contributed by atoms with Gasteiger partial charge in [-0.1, -0.05) is 38.5 Å². The Hall–Kier alpha value is -3.97. The number of carbonyl (C=O) groups excluding carboxylic acids is 3. The number of nitrogens with one attached hydrogen (secondary N) is 4. The van der Waals surface area contributed by atoms with Gasteiger partial charge in [0, 0.05) is 23.5 Å². The van der Waals surface area contributed by atoms with Gasteiger partial charge in [0.15, 0.2) is 6.04 Å². The molecule has 0 saturated carbocycles. The first-order valence-electron chi connectivity index (χ1n) is 12.2. The van der Waals surface area contributed by atoms with Crippen molar-refractivity contribution >= 4 is 40.6 Å². The van der Waals surface area contributed by atoms with Crippen molar-refractivity contribution in [1.29, 1.82) is 0 Å². The van der Waals surface area contributed by atoms with E-state index >= 15 is 0 Å². The molecule has 2 aromatic rings. The first-order valence-corrected chi connectivity index (χ1v) is 12.2. The third kappa shape index (κ3) is 8.02. The number of fused-ring (bicyclic) bond motifs is 1. The standard InChI is InChI=1S/C25H35N5O8/c1-4-12(2)20(24(36)30-21(13(3)31)25(37)38)29-23(35)18(28-22(34)16(26)10-19(32)33)9-14-11-27-17-8-6-5-7-15(14)17/h5-8,11-13,16,18,20-21,27,31H,4,9-10,26H2,1-3H3,(H,28,34)(H,29,35)(H,30,36)(H,32,33)(H,37,38). The number of aliphatic hydroxyl groups excluding tert-OH is 1. The molecule has 1 aromatic heterocycles. The average Bonchev–Trinajstić information content (AvgIpc) is 3.26. The van der Waals surface area contributed by atoms with Gasteiger partial charge in [0.05, 0.1) is 18.6 Å². The van der Waals surface area contributed by atoms with Crippen molar-refractivity contribution in [3.05, 3.63) is 36.0 Å². The van der Waals surface area contributed by atoms with E-state index in [0.29, 0.717) is 12.0 Å². The number of hydrogen-bond acceptors (Lipinski definition) is 7. The van der Waals surface area contributed by atoms with Crippen LogP contribution in [0.3, 0.4) is 0 Å². The fraction of sp³-hybridized carbons (Fsp3) is 0.480. The van der Waals surface area contributed by atoms with Crippen LogP contribution in [0.2, 0.25) is 0 Å². The van der Waals surface area contributed by atoms with E-state index in [9.17, 15) is 34.2 Å². The minimum atomic E-state index is -1.60. The van der Waals surface area contributed by atoms with Gasteiger partial charge in [-0.05, 0) is 24.5 Å². The first kappa shape index (κ1) is 30.3. The minimum absolute atomic E-state index is 0.0123. The van der Waals surface area contributed by atoms with Crippen LogP contribution in [0.4, 0.5) is 0 Å². The summed E-state index contributed by atoms with van der Waals surface area (Å²) in [5.41, 5.74) is 7.16. The molecule has 0 saturated heterocycles. The maximum atomic E-state index is 13.4. The molecule has 0 fully saturated rings. The lowest BCUT2D eigenvalue weighted by molar-refractivity contribution is -0.145. The highest BCUT2D eigenvalue weighted by Crippen LogP contribution is 2.19. The van der Waals surface area contributed by atoms with Crippen LogP contribution in [0.1, 0.15) is 39.2 Å². The zero-order valence-electron chi connectivity index (χ0n) is 21.4. The van der Waals surface area contributed by atoms with Gasteiger partial charge in [0.25, 0.3) is 0 Å².